The lowest BCUT2D eigenvalue weighted by atomic mass is 10.1. The Labute approximate surface area is 94.4 Å². The SMILES string of the molecule is CN1CCC(n2cnc3c2CCNC3)C1=O. The summed E-state index contributed by atoms with van der Waals surface area (Å²) in [5, 5.41) is 3.29. The molecule has 1 fully saturated rings. The van der Waals surface area contributed by atoms with Crippen molar-refractivity contribution in [2.75, 3.05) is 20.1 Å². The van der Waals surface area contributed by atoms with Crippen LogP contribution in [0.15, 0.2) is 6.33 Å². The predicted octanol–water partition coefficient (Wildman–Crippen LogP) is -0.0680. The van der Waals surface area contributed by atoms with E-state index < -0.39 is 0 Å². The maximum absolute atomic E-state index is 12.0. The van der Waals surface area contributed by atoms with Crippen LogP contribution in [0.2, 0.25) is 0 Å². The first-order valence-corrected chi connectivity index (χ1v) is 5.77. The third-order valence-corrected chi connectivity index (χ3v) is 3.55. The number of carbonyl (C=O) groups excluding carboxylic acids is 1. The minimum absolute atomic E-state index is 0.0145. The van der Waals surface area contributed by atoms with E-state index in [1.807, 2.05) is 13.4 Å². The molecule has 0 aliphatic carbocycles. The molecule has 0 bridgehead atoms. The molecule has 5 nitrogen and oxygen atoms in total. The van der Waals surface area contributed by atoms with E-state index >= 15 is 0 Å². The van der Waals surface area contributed by atoms with Crippen molar-refractivity contribution < 1.29 is 4.79 Å². The van der Waals surface area contributed by atoms with Gasteiger partial charge < -0.3 is 14.8 Å². The van der Waals surface area contributed by atoms with E-state index in [9.17, 15) is 4.79 Å². The fourth-order valence-electron chi connectivity index (χ4n) is 2.59. The van der Waals surface area contributed by atoms with Gasteiger partial charge in [-0.1, -0.05) is 0 Å². The van der Waals surface area contributed by atoms with Crippen LogP contribution in [0.3, 0.4) is 0 Å². The minimum Gasteiger partial charge on any atom is -0.344 e. The van der Waals surface area contributed by atoms with E-state index in [1.54, 1.807) is 4.90 Å². The molecule has 1 aromatic heterocycles. The third kappa shape index (κ3) is 1.35. The minimum atomic E-state index is -0.0145. The zero-order valence-corrected chi connectivity index (χ0v) is 9.44. The number of rotatable bonds is 1. The molecule has 2 aliphatic heterocycles. The summed E-state index contributed by atoms with van der Waals surface area (Å²) in [6.45, 7) is 2.67. The van der Waals surface area contributed by atoms with Crippen LogP contribution in [-0.2, 0) is 17.8 Å². The van der Waals surface area contributed by atoms with E-state index in [0.717, 1.165) is 38.2 Å². The topological polar surface area (TPSA) is 50.2 Å². The summed E-state index contributed by atoms with van der Waals surface area (Å²) >= 11 is 0. The smallest absolute Gasteiger partial charge is 0.245 e. The highest BCUT2D eigenvalue weighted by atomic mass is 16.2. The predicted molar refractivity (Wildman–Crippen MR) is 58.9 cm³/mol. The summed E-state index contributed by atoms with van der Waals surface area (Å²) in [5.74, 6) is 0.221. The molecule has 3 rings (SSSR count). The number of nitrogens with one attached hydrogen (secondary N) is 1. The zero-order chi connectivity index (χ0) is 11.1. The molecule has 16 heavy (non-hydrogen) atoms. The Hall–Kier alpha value is -1.36. The molecule has 1 unspecified atom stereocenters. The average molecular weight is 220 g/mol. The second-order valence-corrected chi connectivity index (χ2v) is 4.54. The van der Waals surface area contributed by atoms with E-state index in [4.69, 9.17) is 0 Å². The normalized spacial score (nSPS) is 24.9. The fraction of sp³-hybridized carbons (Fsp3) is 0.636. The first-order chi connectivity index (χ1) is 7.77. The number of aromatic nitrogens is 2. The second-order valence-electron chi connectivity index (χ2n) is 4.54. The maximum atomic E-state index is 12.0. The van der Waals surface area contributed by atoms with Crippen LogP contribution in [0.25, 0.3) is 0 Å². The van der Waals surface area contributed by atoms with Crippen LogP contribution in [-0.4, -0.2) is 40.5 Å². The number of fused-ring (bicyclic) bond motifs is 1. The lowest BCUT2D eigenvalue weighted by molar-refractivity contribution is -0.129. The summed E-state index contributed by atoms with van der Waals surface area (Å²) in [5.41, 5.74) is 2.35. The molecule has 1 atom stereocenters. The van der Waals surface area contributed by atoms with Crippen molar-refractivity contribution in [2.45, 2.75) is 25.4 Å². The molecular formula is C11H16N4O. The Bertz CT molecular complexity index is 426. The zero-order valence-electron chi connectivity index (χ0n) is 9.44. The Morgan fingerprint density at radius 2 is 2.44 bits per heavy atom. The molecule has 0 radical (unpaired) electrons. The van der Waals surface area contributed by atoms with Crippen molar-refractivity contribution in [1.82, 2.24) is 19.8 Å². The number of hydrogen-bond donors (Lipinski definition) is 1. The number of hydrogen-bond acceptors (Lipinski definition) is 3. The van der Waals surface area contributed by atoms with Gasteiger partial charge in [-0.15, -0.1) is 0 Å². The van der Waals surface area contributed by atoms with Crippen LogP contribution in [0.4, 0.5) is 0 Å². The molecule has 1 N–H and O–H groups in total. The molecule has 1 aromatic rings. The lowest BCUT2D eigenvalue weighted by Crippen LogP contribution is -2.28. The quantitative estimate of drug-likeness (QED) is 0.721. The van der Waals surface area contributed by atoms with Crippen molar-refractivity contribution in [3.8, 4) is 0 Å². The van der Waals surface area contributed by atoms with E-state index in [2.05, 4.69) is 14.9 Å². The van der Waals surface area contributed by atoms with Crippen LogP contribution in [0.1, 0.15) is 23.9 Å². The molecule has 1 saturated heterocycles. The van der Waals surface area contributed by atoms with Crippen LogP contribution in [0, 0.1) is 0 Å². The van der Waals surface area contributed by atoms with Crippen LogP contribution < -0.4 is 5.32 Å². The number of imidazole rings is 1. The van der Waals surface area contributed by atoms with Crippen molar-refractivity contribution >= 4 is 5.91 Å². The standard InChI is InChI=1S/C11H16N4O/c1-14-5-3-10(11(14)16)15-7-13-8-6-12-4-2-9(8)15/h7,10,12H,2-6H2,1H3. The van der Waals surface area contributed by atoms with Gasteiger partial charge in [0.1, 0.15) is 6.04 Å². The van der Waals surface area contributed by atoms with Gasteiger partial charge in [0.25, 0.3) is 0 Å². The van der Waals surface area contributed by atoms with Crippen molar-refractivity contribution in [3.63, 3.8) is 0 Å². The first-order valence-electron chi connectivity index (χ1n) is 5.77. The molecule has 0 saturated carbocycles. The average Bonchev–Trinajstić information content (AvgIpc) is 2.85. The third-order valence-electron chi connectivity index (χ3n) is 3.55. The van der Waals surface area contributed by atoms with Gasteiger partial charge in [-0.2, -0.15) is 0 Å². The van der Waals surface area contributed by atoms with Crippen molar-refractivity contribution in [2.24, 2.45) is 0 Å². The summed E-state index contributed by atoms with van der Waals surface area (Å²) in [4.78, 5) is 18.1. The first kappa shape index (κ1) is 9.84. The Morgan fingerprint density at radius 3 is 3.19 bits per heavy atom. The van der Waals surface area contributed by atoms with Gasteiger partial charge in [0, 0.05) is 38.8 Å². The highest BCUT2D eigenvalue weighted by Gasteiger charge is 2.32. The van der Waals surface area contributed by atoms with Gasteiger partial charge >= 0.3 is 0 Å². The number of amides is 1. The van der Waals surface area contributed by atoms with Gasteiger partial charge in [0.05, 0.1) is 12.0 Å². The van der Waals surface area contributed by atoms with Gasteiger partial charge in [-0.25, -0.2) is 4.98 Å². The monoisotopic (exact) mass is 220 g/mol. The fourth-order valence-corrected chi connectivity index (χ4v) is 2.59. The van der Waals surface area contributed by atoms with Crippen molar-refractivity contribution in [3.05, 3.63) is 17.7 Å². The largest absolute Gasteiger partial charge is 0.344 e. The van der Waals surface area contributed by atoms with Gasteiger partial charge in [0.15, 0.2) is 0 Å². The summed E-state index contributed by atoms with van der Waals surface area (Å²) in [6.07, 6.45) is 3.72. The van der Waals surface area contributed by atoms with Crippen molar-refractivity contribution in [1.29, 1.82) is 0 Å². The molecular weight excluding hydrogens is 204 g/mol. The van der Waals surface area contributed by atoms with Gasteiger partial charge in [-0.05, 0) is 6.42 Å². The summed E-state index contributed by atoms with van der Waals surface area (Å²) < 4.78 is 2.09. The second kappa shape index (κ2) is 3.59. The molecule has 0 aromatic carbocycles. The molecule has 3 heterocycles. The summed E-state index contributed by atoms with van der Waals surface area (Å²) in [7, 11) is 1.87. The Balaban J connectivity index is 1.95. The number of likely N-dealkylation sites (tertiary alicyclic amines) is 1. The number of carbonyl (C=O) groups is 1. The van der Waals surface area contributed by atoms with Crippen LogP contribution in [0.5, 0.6) is 0 Å². The van der Waals surface area contributed by atoms with E-state index in [1.165, 1.54) is 5.69 Å². The summed E-state index contributed by atoms with van der Waals surface area (Å²) in [6, 6.07) is -0.0145. The molecule has 1 amide bonds. The Kier molecular flexibility index (Phi) is 2.21. The van der Waals surface area contributed by atoms with E-state index in [-0.39, 0.29) is 11.9 Å². The number of nitrogens with zero attached hydrogens (tertiary/aromatic N) is 3. The molecule has 2 aliphatic rings. The molecule has 0 spiro atoms. The van der Waals surface area contributed by atoms with E-state index in [0.29, 0.717) is 0 Å². The number of likely N-dealkylation sites (N-methyl/N-ethyl adjacent to an activating group) is 1. The van der Waals surface area contributed by atoms with Gasteiger partial charge in [-0.3, -0.25) is 4.79 Å². The highest BCUT2D eigenvalue weighted by molar-refractivity contribution is 5.82. The Morgan fingerprint density at radius 1 is 1.56 bits per heavy atom. The van der Waals surface area contributed by atoms with Gasteiger partial charge in [0.2, 0.25) is 5.91 Å². The van der Waals surface area contributed by atoms with Crippen LogP contribution >= 0.6 is 0 Å². The molecule has 86 valence electrons. The highest BCUT2D eigenvalue weighted by Crippen LogP contribution is 2.25. The lowest BCUT2D eigenvalue weighted by Gasteiger charge is -2.18. The maximum Gasteiger partial charge on any atom is 0.245 e. The molecule has 5 heteroatoms.